The summed E-state index contributed by atoms with van der Waals surface area (Å²) in [4.78, 5) is 18.2. The van der Waals surface area contributed by atoms with Crippen LogP contribution in [0.5, 0.6) is 0 Å². The number of nitrogens with zero attached hydrogens (tertiary/aromatic N) is 2. The van der Waals surface area contributed by atoms with Crippen LogP contribution in [0.2, 0.25) is 0 Å². The average molecular weight is 407 g/mol. The molecule has 3 N–H and O–H groups in total. The van der Waals surface area contributed by atoms with Crippen molar-refractivity contribution in [2.75, 3.05) is 11.1 Å². The van der Waals surface area contributed by atoms with Crippen molar-refractivity contribution >= 4 is 17.4 Å². The molecule has 0 amide bonds. The molecule has 1 atom stereocenters. The van der Waals surface area contributed by atoms with Gasteiger partial charge in [-0.3, -0.25) is 5.32 Å². The maximum absolute atomic E-state index is 13.3. The molecular formula is C26H23N4O+. The first kappa shape index (κ1) is 19.0. The largest absolute Gasteiger partial charge is 0.399 e. The van der Waals surface area contributed by atoms with Crippen molar-refractivity contribution in [3.05, 3.63) is 108 Å². The fourth-order valence-electron chi connectivity index (χ4n) is 3.97. The lowest BCUT2D eigenvalue weighted by Gasteiger charge is -2.07. The molecule has 1 aliphatic rings. The average Bonchev–Trinajstić information content (AvgIpc) is 3.11. The number of hydrogen-bond donors (Lipinski definition) is 2. The van der Waals surface area contributed by atoms with E-state index in [-0.39, 0.29) is 11.9 Å². The van der Waals surface area contributed by atoms with E-state index in [9.17, 15) is 4.79 Å². The summed E-state index contributed by atoms with van der Waals surface area (Å²) in [6, 6.07) is 27.5. The van der Waals surface area contributed by atoms with E-state index in [1.807, 2.05) is 79.0 Å². The Bertz CT molecular complexity index is 1220. The predicted molar refractivity (Wildman–Crippen MR) is 122 cm³/mol. The van der Waals surface area contributed by atoms with Gasteiger partial charge in [-0.1, -0.05) is 72.8 Å². The van der Waals surface area contributed by atoms with Gasteiger partial charge in [-0.15, -0.1) is 0 Å². The quantitative estimate of drug-likeness (QED) is 0.389. The number of carbonyl (C=O) groups is 1. The van der Waals surface area contributed by atoms with Crippen LogP contribution >= 0.6 is 0 Å². The summed E-state index contributed by atoms with van der Waals surface area (Å²) in [7, 11) is 0. The number of nitrogens with two attached hydrogens (primary N) is 1. The van der Waals surface area contributed by atoms with Gasteiger partial charge in [0, 0.05) is 24.1 Å². The maximum Gasteiger partial charge on any atom is 0.359 e. The predicted octanol–water partition coefficient (Wildman–Crippen LogP) is 3.89. The van der Waals surface area contributed by atoms with Crippen molar-refractivity contribution in [1.82, 2.24) is 4.98 Å². The molecule has 0 saturated heterocycles. The highest BCUT2D eigenvalue weighted by Gasteiger charge is 2.41. The second-order valence-corrected chi connectivity index (χ2v) is 7.80. The van der Waals surface area contributed by atoms with Crippen LogP contribution in [0.1, 0.15) is 21.6 Å². The molecule has 0 aliphatic carbocycles. The Balaban J connectivity index is 1.55. The second kappa shape index (κ2) is 8.03. The third-order valence-corrected chi connectivity index (χ3v) is 5.57. The topological polar surface area (TPSA) is 71.9 Å². The van der Waals surface area contributed by atoms with Crippen LogP contribution in [-0.4, -0.2) is 16.9 Å². The van der Waals surface area contributed by atoms with E-state index in [0.717, 1.165) is 33.9 Å². The van der Waals surface area contributed by atoms with Gasteiger partial charge in [0.2, 0.25) is 0 Å². The van der Waals surface area contributed by atoms with E-state index < -0.39 is 0 Å². The Morgan fingerprint density at radius 2 is 1.52 bits per heavy atom. The summed E-state index contributed by atoms with van der Waals surface area (Å²) in [5.41, 5.74) is 11.4. The fourth-order valence-corrected chi connectivity index (χ4v) is 3.97. The van der Waals surface area contributed by atoms with Gasteiger partial charge in [-0.05, 0) is 23.3 Å². The van der Waals surface area contributed by atoms with E-state index in [4.69, 9.17) is 10.7 Å². The first-order valence-electron chi connectivity index (χ1n) is 10.4. The fraction of sp³-hybridized carbons (Fsp3) is 0.115. The maximum atomic E-state index is 13.3. The highest BCUT2D eigenvalue weighted by molar-refractivity contribution is 5.82. The number of anilines is 2. The molecule has 0 fully saturated rings. The number of aromatic nitrogens is 2. The van der Waals surface area contributed by atoms with Crippen LogP contribution in [0.3, 0.4) is 0 Å². The lowest BCUT2D eigenvalue weighted by atomic mass is 10.1. The highest BCUT2D eigenvalue weighted by Crippen LogP contribution is 2.25. The zero-order chi connectivity index (χ0) is 21.2. The summed E-state index contributed by atoms with van der Waals surface area (Å²) >= 11 is 0. The molecule has 2 heterocycles. The normalized spacial score (nSPS) is 14.8. The minimum absolute atomic E-state index is 0.0345. The number of rotatable bonds is 5. The van der Waals surface area contributed by atoms with E-state index >= 15 is 0 Å². The molecule has 5 nitrogen and oxygen atoms in total. The van der Waals surface area contributed by atoms with Gasteiger partial charge in [-0.25, -0.2) is 9.78 Å². The minimum Gasteiger partial charge on any atom is -0.399 e. The molecule has 5 rings (SSSR count). The summed E-state index contributed by atoms with van der Waals surface area (Å²) in [6.45, 7) is 0. The molecule has 0 saturated carbocycles. The molecule has 0 spiro atoms. The molecule has 1 aromatic heterocycles. The molecule has 1 unspecified atom stereocenters. The van der Waals surface area contributed by atoms with Crippen molar-refractivity contribution < 1.29 is 9.36 Å². The van der Waals surface area contributed by atoms with Crippen LogP contribution < -0.4 is 15.6 Å². The number of nitrogens with one attached hydrogen (secondary N) is 1. The first-order chi connectivity index (χ1) is 15.2. The molecule has 3 aromatic carbocycles. The number of nitrogen functional groups attached to an aromatic ring is 1. The SMILES string of the molecule is Nc1ccc(-c2c[n+]3c(c(Cc4ccccc4)n2)NC(Cc2ccccc2)C3=O)cc1. The monoisotopic (exact) mass is 407 g/mol. The molecule has 5 heteroatoms. The van der Waals surface area contributed by atoms with Gasteiger partial charge in [0.25, 0.3) is 0 Å². The van der Waals surface area contributed by atoms with E-state index in [1.165, 1.54) is 0 Å². The molecule has 31 heavy (non-hydrogen) atoms. The number of hydrogen-bond acceptors (Lipinski definition) is 4. The Hall–Kier alpha value is -3.99. The number of carbonyl (C=O) groups excluding carboxylic acids is 1. The third-order valence-electron chi connectivity index (χ3n) is 5.57. The smallest absolute Gasteiger partial charge is 0.359 e. The van der Waals surface area contributed by atoms with E-state index in [1.54, 1.807) is 4.57 Å². The van der Waals surface area contributed by atoms with Crippen molar-refractivity contribution in [3.8, 4) is 11.3 Å². The lowest BCUT2D eigenvalue weighted by Crippen LogP contribution is -2.44. The molecule has 0 bridgehead atoms. The lowest BCUT2D eigenvalue weighted by molar-refractivity contribution is -0.552. The number of benzene rings is 3. The highest BCUT2D eigenvalue weighted by atomic mass is 16.2. The Kier molecular flexibility index (Phi) is 4.92. The van der Waals surface area contributed by atoms with E-state index in [0.29, 0.717) is 18.5 Å². The van der Waals surface area contributed by atoms with Crippen LogP contribution in [-0.2, 0) is 12.8 Å². The molecule has 0 radical (unpaired) electrons. The molecular weight excluding hydrogens is 384 g/mol. The zero-order valence-corrected chi connectivity index (χ0v) is 17.0. The van der Waals surface area contributed by atoms with Gasteiger partial charge in [-0.2, -0.15) is 4.57 Å². The minimum atomic E-state index is -0.319. The Morgan fingerprint density at radius 3 is 2.19 bits per heavy atom. The van der Waals surface area contributed by atoms with Crippen molar-refractivity contribution in [3.63, 3.8) is 0 Å². The second-order valence-electron chi connectivity index (χ2n) is 7.80. The van der Waals surface area contributed by atoms with Gasteiger partial charge in [0.05, 0.1) is 0 Å². The molecule has 152 valence electrons. The van der Waals surface area contributed by atoms with Crippen molar-refractivity contribution in [2.45, 2.75) is 18.9 Å². The summed E-state index contributed by atoms with van der Waals surface area (Å²) < 4.78 is 1.73. The van der Waals surface area contributed by atoms with Crippen molar-refractivity contribution in [1.29, 1.82) is 0 Å². The summed E-state index contributed by atoms with van der Waals surface area (Å²) in [6.07, 6.45) is 3.09. The molecule has 4 aromatic rings. The standard InChI is InChI=1S/C26H22N4O/c27-21-13-11-20(12-14-21)24-17-30-25(22(28-24)15-18-7-3-1-4-8-18)29-23(26(30)31)16-19-9-5-2-6-10-19/h1-14,17,23H,15-16,27H2/p+1. The van der Waals surface area contributed by atoms with Crippen LogP contribution in [0, 0.1) is 0 Å². The first-order valence-corrected chi connectivity index (χ1v) is 10.4. The van der Waals surface area contributed by atoms with Gasteiger partial charge in [0.15, 0.2) is 6.04 Å². The zero-order valence-electron chi connectivity index (χ0n) is 17.0. The van der Waals surface area contributed by atoms with Gasteiger partial charge in [0.1, 0.15) is 17.6 Å². The van der Waals surface area contributed by atoms with Crippen LogP contribution in [0.25, 0.3) is 11.3 Å². The molecule has 1 aliphatic heterocycles. The Morgan fingerprint density at radius 1 is 0.871 bits per heavy atom. The van der Waals surface area contributed by atoms with Gasteiger partial charge < -0.3 is 5.73 Å². The number of fused-ring (bicyclic) bond motifs is 1. The Labute approximate surface area is 181 Å². The summed E-state index contributed by atoms with van der Waals surface area (Å²) in [5, 5.41) is 3.44. The van der Waals surface area contributed by atoms with Crippen molar-refractivity contribution in [2.24, 2.45) is 0 Å². The van der Waals surface area contributed by atoms with E-state index in [2.05, 4.69) is 17.4 Å². The summed E-state index contributed by atoms with van der Waals surface area (Å²) in [5.74, 6) is 0.807. The third kappa shape index (κ3) is 3.90. The van der Waals surface area contributed by atoms with Gasteiger partial charge >= 0.3 is 11.7 Å². The van der Waals surface area contributed by atoms with Crippen LogP contribution in [0.15, 0.2) is 91.1 Å². The van der Waals surface area contributed by atoms with Crippen LogP contribution in [0.4, 0.5) is 11.5 Å².